The number of rotatable bonds is 5. The number of aromatic nitrogens is 2. The molecule has 2 unspecified atom stereocenters. The largest absolute Gasteiger partial charge is 0.416 e. The quantitative estimate of drug-likeness (QED) is 0.463. The Labute approximate surface area is 225 Å². The van der Waals surface area contributed by atoms with E-state index in [9.17, 15) is 23.1 Å². The highest BCUT2D eigenvalue weighted by atomic mass is 35.5. The number of likely N-dealkylation sites (tertiary alicyclic amines) is 2. The molecule has 2 saturated heterocycles. The normalized spacial score (nSPS) is 22.9. The minimum absolute atomic E-state index is 0.0245. The summed E-state index contributed by atoms with van der Waals surface area (Å²) in [5, 5.41) is 15.0. The van der Waals surface area contributed by atoms with Gasteiger partial charge in [0.1, 0.15) is 0 Å². The van der Waals surface area contributed by atoms with E-state index in [1.165, 1.54) is 28.6 Å². The summed E-state index contributed by atoms with van der Waals surface area (Å²) in [6, 6.07) is 9.87. The van der Waals surface area contributed by atoms with Crippen LogP contribution in [0.25, 0.3) is 17.0 Å². The molecule has 2 fully saturated rings. The summed E-state index contributed by atoms with van der Waals surface area (Å²) in [6.45, 7) is 2.41. The lowest BCUT2D eigenvalue weighted by atomic mass is 10.1. The van der Waals surface area contributed by atoms with Crippen molar-refractivity contribution >= 4 is 51.4 Å². The number of carbonyl (C=O) groups is 1. The first-order valence-electron chi connectivity index (χ1n) is 12.1. The van der Waals surface area contributed by atoms with Gasteiger partial charge in [-0.3, -0.25) is 14.4 Å². The van der Waals surface area contributed by atoms with Gasteiger partial charge in [0.05, 0.1) is 35.3 Å². The molecule has 7 nitrogen and oxygen atoms in total. The van der Waals surface area contributed by atoms with Gasteiger partial charge in [-0.05, 0) is 59.7 Å². The maximum Gasteiger partial charge on any atom is 0.416 e. The second-order valence-corrected chi connectivity index (χ2v) is 11.1. The van der Waals surface area contributed by atoms with Crippen LogP contribution in [-0.4, -0.2) is 74.1 Å². The predicted octanol–water partition coefficient (Wildman–Crippen LogP) is 4.48. The van der Waals surface area contributed by atoms with E-state index in [4.69, 9.17) is 11.6 Å². The first-order chi connectivity index (χ1) is 18.2. The van der Waals surface area contributed by atoms with E-state index in [2.05, 4.69) is 19.9 Å². The summed E-state index contributed by atoms with van der Waals surface area (Å²) in [6.07, 6.45) is -0.130. The van der Waals surface area contributed by atoms with Crippen molar-refractivity contribution in [1.29, 1.82) is 0 Å². The van der Waals surface area contributed by atoms with Crippen molar-refractivity contribution in [1.82, 2.24) is 19.6 Å². The zero-order valence-electron chi connectivity index (χ0n) is 20.0. The van der Waals surface area contributed by atoms with Gasteiger partial charge in [-0.2, -0.15) is 23.3 Å². The highest BCUT2D eigenvalue weighted by molar-refractivity contribution is 8.18. The number of aliphatic imine (C=N–C) groups is 1. The van der Waals surface area contributed by atoms with Crippen LogP contribution in [-0.2, 0) is 17.5 Å². The van der Waals surface area contributed by atoms with Crippen LogP contribution in [0.15, 0.2) is 52.5 Å². The van der Waals surface area contributed by atoms with E-state index in [1.54, 1.807) is 18.3 Å². The van der Waals surface area contributed by atoms with Gasteiger partial charge < -0.3 is 10.0 Å². The molecule has 1 N–H and O–H groups in total. The third kappa shape index (κ3) is 4.72. The Balaban J connectivity index is 1.18. The van der Waals surface area contributed by atoms with Gasteiger partial charge in [-0.15, -0.1) is 0 Å². The Morgan fingerprint density at radius 1 is 1.16 bits per heavy atom. The van der Waals surface area contributed by atoms with Gasteiger partial charge >= 0.3 is 6.18 Å². The van der Waals surface area contributed by atoms with Crippen molar-refractivity contribution in [3.8, 4) is 0 Å². The molecule has 1 amide bonds. The number of fused-ring (bicyclic) bond motifs is 3. The average molecular weight is 562 g/mol. The number of nitrogens with zero attached hydrogens (tertiary/aromatic N) is 5. The lowest BCUT2D eigenvalue weighted by Crippen LogP contribution is -2.48. The number of β-amino-alcohol motifs (C(OH)–C–C–N with tert-alkyl or cyclic N) is 1. The zero-order valence-corrected chi connectivity index (χ0v) is 21.6. The maximum atomic E-state index is 13.5. The smallest absolute Gasteiger partial charge is 0.395 e. The molecule has 3 aliphatic heterocycles. The van der Waals surface area contributed by atoms with Crippen molar-refractivity contribution in [3.05, 3.63) is 69.2 Å². The Kier molecular flexibility index (Phi) is 6.50. The van der Waals surface area contributed by atoms with Crippen LogP contribution >= 0.6 is 23.4 Å². The molecule has 3 aliphatic rings. The highest BCUT2D eigenvalue weighted by Crippen LogP contribution is 2.38. The summed E-state index contributed by atoms with van der Waals surface area (Å²) >= 11 is 7.17. The van der Waals surface area contributed by atoms with Crippen LogP contribution in [0.4, 0.5) is 13.2 Å². The van der Waals surface area contributed by atoms with Gasteiger partial charge in [0.15, 0.2) is 5.17 Å². The number of halogens is 4. The SMILES string of the molecule is O=C1N=C(N2CC3CC2CN3CCO)SC1=Cc1ccc2c(cnn2Cc2ccc(Cl)cc2C(F)(F)F)c1. The molecular formula is C26H23ClF3N5O2S. The van der Waals surface area contributed by atoms with E-state index in [1.807, 2.05) is 12.1 Å². The number of piperazine rings is 1. The van der Waals surface area contributed by atoms with Crippen LogP contribution in [0.1, 0.15) is 23.1 Å². The van der Waals surface area contributed by atoms with Crippen molar-refractivity contribution < 1.29 is 23.1 Å². The molecule has 38 heavy (non-hydrogen) atoms. The van der Waals surface area contributed by atoms with Crippen LogP contribution in [0.2, 0.25) is 5.02 Å². The Morgan fingerprint density at radius 2 is 2.00 bits per heavy atom. The molecule has 0 saturated carbocycles. The minimum Gasteiger partial charge on any atom is -0.395 e. The van der Waals surface area contributed by atoms with Gasteiger partial charge in [-0.1, -0.05) is 23.7 Å². The standard InChI is InChI=1S/C26H23ClF3N5O2S/c27-18-3-2-16(21(9-18)26(28,29)30)12-35-22-4-1-15(7-17(22)11-31-35)8-23-24(37)32-25(38-23)34-14-19-10-20(34)13-33(19)5-6-36/h1-4,7-9,11,19-20,36H,5-6,10,12-14H2. The number of hydrogen-bond acceptors (Lipinski definition) is 6. The number of amidine groups is 1. The van der Waals surface area contributed by atoms with Crippen molar-refractivity contribution in [2.24, 2.45) is 4.99 Å². The number of alkyl halides is 3. The minimum atomic E-state index is -4.53. The molecule has 6 rings (SSSR count). The number of thioether (sulfide) groups is 1. The topological polar surface area (TPSA) is 74.0 Å². The second kappa shape index (κ2) is 9.71. The molecule has 12 heteroatoms. The Hall–Kier alpha value is -2.86. The molecule has 198 valence electrons. The number of carbonyl (C=O) groups excluding carboxylic acids is 1. The summed E-state index contributed by atoms with van der Waals surface area (Å²) < 4.78 is 42.1. The molecule has 1 aromatic heterocycles. The molecule has 0 radical (unpaired) electrons. The molecule has 0 spiro atoms. The summed E-state index contributed by atoms with van der Waals surface area (Å²) in [7, 11) is 0. The first-order valence-corrected chi connectivity index (χ1v) is 13.3. The molecule has 0 aliphatic carbocycles. The first kappa shape index (κ1) is 25.4. The number of aliphatic hydroxyl groups excluding tert-OH is 1. The third-order valence-electron chi connectivity index (χ3n) is 7.26. The van der Waals surface area contributed by atoms with Crippen molar-refractivity contribution in [3.63, 3.8) is 0 Å². The molecular weight excluding hydrogens is 539 g/mol. The second-order valence-electron chi connectivity index (χ2n) is 9.64. The summed E-state index contributed by atoms with van der Waals surface area (Å²) in [5.74, 6) is -0.279. The highest BCUT2D eigenvalue weighted by Gasteiger charge is 2.45. The van der Waals surface area contributed by atoms with E-state index in [0.29, 0.717) is 29.1 Å². The molecule has 2 bridgehead atoms. The number of hydrogen-bond donors (Lipinski definition) is 1. The molecule has 2 atom stereocenters. The lowest BCUT2D eigenvalue weighted by molar-refractivity contribution is -0.138. The van der Waals surface area contributed by atoms with Gasteiger partial charge in [0.25, 0.3) is 5.91 Å². The summed E-state index contributed by atoms with van der Waals surface area (Å²) in [5.41, 5.74) is 0.753. The van der Waals surface area contributed by atoms with Crippen LogP contribution in [0, 0.1) is 0 Å². The number of amides is 1. The molecule has 4 heterocycles. The van der Waals surface area contributed by atoms with Crippen LogP contribution in [0.3, 0.4) is 0 Å². The van der Waals surface area contributed by atoms with E-state index in [0.717, 1.165) is 41.7 Å². The molecule has 3 aromatic rings. The maximum absolute atomic E-state index is 13.5. The zero-order chi connectivity index (χ0) is 26.6. The fraction of sp³-hybridized carbons (Fsp3) is 0.346. The predicted molar refractivity (Wildman–Crippen MR) is 141 cm³/mol. The number of benzene rings is 2. The fourth-order valence-corrected chi connectivity index (χ4v) is 6.66. The average Bonchev–Trinajstić information content (AvgIpc) is 3.64. The van der Waals surface area contributed by atoms with Crippen molar-refractivity contribution in [2.45, 2.75) is 31.2 Å². The lowest BCUT2D eigenvalue weighted by Gasteiger charge is -2.34. The fourth-order valence-electron chi connectivity index (χ4n) is 5.49. The Morgan fingerprint density at radius 3 is 2.74 bits per heavy atom. The van der Waals surface area contributed by atoms with E-state index in [-0.39, 0.29) is 29.6 Å². The van der Waals surface area contributed by atoms with Gasteiger partial charge in [-0.25, -0.2) is 0 Å². The number of aliphatic hydroxyl groups is 1. The molecule has 2 aromatic carbocycles. The van der Waals surface area contributed by atoms with Crippen molar-refractivity contribution in [2.75, 3.05) is 26.2 Å². The van der Waals surface area contributed by atoms with Crippen LogP contribution < -0.4 is 0 Å². The van der Waals surface area contributed by atoms with Gasteiger partial charge in [0, 0.05) is 42.1 Å². The van der Waals surface area contributed by atoms with E-state index >= 15 is 0 Å². The monoisotopic (exact) mass is 561 g/mol. The Bertz CT molecular complexity index is 1490. The van der Waals surface area contributed by atoms with E-state index < -0.39 is 11.7 Å². The third-order valence-corrected chi connectivity index (χ3v) is 8.51. The van der Waals surface area contributed by atoms with Gasteiger partial charge in [0.2, 0.25) is 0 Å². The summed E-state index contributed by atoms with van der Waals surface area (Å²) in [4.78, 5) is 22.0. The van der Waals surface area contributed by atoms with Crippen LogP contribution in [0.5, 0.6) is 0 Å².